The van der Waals surface area contributed by atoms with Gasteiger partial charge in [-0.05, 0) is 76.1 Å². The second-order valence-corrected chi connectivity index (χ2v) is 9.58. The van der Waals surface area contributed by atoms with E-state index in [-0.39, 0.29) is 31.0 Å². The Bertz CT molecular complexity index is 1390. The van der Waals surface area contributed by atoms with Crippen LogP contribution in [0.1, 0.15) is 43.8 Å². The molecule has 4 rings (SSSR count). The first-order valence-electron chi connectivity index (χ1n) is 12.6. The van der Waals surface area contributed by atoms with Crippen LogP contribution in [0.4, 0.5) is 5.69 Å². The minimum absolute atomic E-state index is 0.0208. The van der Waals surface area contributed by atoms with Gasteiger partial charge in [-0.1, -0.05) is 42.5 Å². The summed E-state index contributed by atoms with van der Waals surface area (Å²) in [5.41, 5.74) is 4.50. The third kappa shape index (κ3) is 6.00. The summed E-state index contributed by atoms with van der Waals surface area (Å²) in [4.78, 5) is 32.9. The number of carbonyl (C=O) groups excluding carboxylic acids is 2. The molecule has 0 fully saturated rings. The highest BCUT2D eigenvalue weighted by atomic mass is 16.5. The zero-order valence-electron chi connectivity index (χ0n) is 22.1. The normalized spacial score (nSPS) is 11.9. The monoisotopic (exact) mass is 498 g/mol. The average molecular weight is 499 g/mol. The standard InChI is InChI=1S/C30H34N4O3/c1-20(2)34(24-11-7-6-8-12-24)29(36)18-33-26-14-10-9-13-25(26)32-30(33)23(5)31-28(35)19-37-27-17-21(3)15-16-22(27)4/h6-17,20,23H,18-19H2,1-5H3,(H,31,35). The molecule has 192 valence electrons. The maximum atomic E-state index is 13.6. The van der Waals surface area contributed by atoms with Gasteiger partial charge in [0.1, 0.15) is 18.1 Å². The number of fused-ring (bicyclic) bond motifs is 1. The zero-order valence-corrected chi connectivity index (χ0v) is 22.1. The van der Waals surface area contributed by atoms with E-state index in [1.807, 2.05) is 112 Å². The van der Waals surface area contributed by atoms with Crippen LogP contribution in [0.3, 0.4) is 0 Å². The summed E-state index contributed by atoms with van der Waals surface area (Å²) in [7, 11) is 0. The average Bonchev–Trinajstić information content (AvgIpc) is 3.23. The van der Waals surface area contributed by atoms with Crippen molar-refractivity contribution >= 4 is 28.5 Å². The molecule has 1 aromatic heterocycles. The molecule has 1 N–H and O–H groups in total. The number of para-hydroxylation sites is 3. The number of hydrogen-bond acceptors (Lipinski definition) is 4. The lowest BCUT2D eigenvalue weighted by atomic mass is 10.1. The van der Waals surface area contributed by atoms with Crippen LogP contribution in [0.15, 0.2) is 72.8 Å². The van der Waals surface area contributed by atoms with Crippen LogP contribution in [-0.4, -0.2) is 34.0 Å². The van der Waals surface area contributed by atoms with E-state index in [0.29, 0.717) is 11.6 Å². The third-order valence-corrected chi connectivity index (χ3v) is 6.26. The number of carbonyl (C=O) groups is 2. The fourth-order valence-electron chi connectivity index (χ4n) is 4.47. The fraction of sp³-hybridized carbons (Fsp3) is 0.300. The molecule has 1 unspecified atom stereocenters. The molecule has 37 heavy (non-hydrogen) atoms. The number of imidazole rings is 1. The molecule has 0 aliphatic rings. The smallest absolute Gasteiger partial charge is 0.258 e. The fourth-order valence-corrected chi connectivity index (χ4v) is 4.47. The van der Waals surface area contributed by atoms with Crippen molar-refractivity contribution in [2.45, 2.75) is 53.2 Å². The summed E-state index contributed by atoms with van der Waals surface area (Å²) in [6, 6.07) is 22.8. The third-order valence-electron chi connectivity index (χ3n) is 6.26. The Hall–Kier alpha value is -4.13. The van der Waals surface area contributed by atoms with E-state index in [1.54, 1.807) is 4.90 Å². The predicted molar refractivity (Wildman–Crippen MR) is 147 cm³/mol. The van der Waals surface area contributed by atoms with Crippen LogP contribution in [-0.2, 0) is 16.1 Å². The van der Waals surface area contributed by atoms with Crippen LogP contribution in [0, 0.1) is 13.8 Å². The number of nitrogens with one attached hydrogen (secondary N) is 1. The van der Waals surface area contributed by atoms with E-state index in [4.69, 9.17) is 9.72 Å². The molecule has 1 heterocycles. The number of anilines is 1. The Kier molecular flexibility index (Phi) is 7.92. The van der Waals surface area contributed by atoms with Gasteiger partial charge in [-0.25, -0.2) is 4.98 Å². The van der Waals surface area contributed by atoms with E-state index >= 15 is 0 Å². The van der Waals surface area contributed by atoms with Gasteiger partial charge in [-0.15, -0.1) is 0 Å². The number of aryl methyl sites for hydroxylation is 2. The Morgan fingerprint density at radius 2 is 1.68 bits per heavy atom. The molecule has 3 aromatic carbocycles. The molecule has 0 aliphatic carbocycles. The Labute approximate surface area is 218 Å². The number of amides is 2. The maximum absolute atomic E-state index is 13.6. The largest absolute Gasteiger partial charge is 0.483 e. The highest BCUT2D eigenvalue weighted by Crippen LogP contribution is 2.24. The molecular weight excluding hydrogens is 464 g/mol. The van der Waals surface area contributed by atoms with Crippen molar-refractivity contribution in [1.82, 2.24) is 14.9 Å². The van der Waals surface area contributed by atoms with Crippen molar-refractivity contribution in [2.24, 2.45) is 0 Å². The lowest BCUT2D eigenvalue weighted by Gasteiger charge is -2.28. The van der Waals surface area contributed by atoms with E-state index < -0.39 is 6.04 Å². The number of hydrogen-bond donors (Lipinski definition) is 1. The number of ether oxygens (including phenoxy) is 1. The Balaban J connectivity index is 1.55. The molecule has 7 nitrogen and oxygen atoms in total. The Morgan fingerprint density at radius 3 is 2.41 bits per heavy atom. The maximum Gasteiger partial charge on any atom is 0.258 e. The Morgan fingerprint density at radius 1 is 0.973 bits per heavy atom. The van der Waals surface area contributed by atoms with Gasteiger partial charge >= 0.3 is 0 Å². The second-order valence-electron chi connectivity index (χ2n) is 9.58. The molecule has 0 spiro atoms. The molecule has 2 amide bonds. The number of aromatic nitrogens is 2. The topological polar surface area (TPSA) is 76.5 Å². The van der Waals surface area contributed by atoms with Crippen LogP contribution in [0.2, 0.25) is 0 Å². The lowest BCUT2D eigenvalue weighted by Crippen LogP contribution is -2.40. The molecule has 4 aromatic rings. The summed E-state index contributed by atoms with van der Waals surface area (Å²) in [5.74, 6) is 0.996. The van der Waals surface area contributed by atoms with Crippen LogP contribution >= 0.6 is 0 Å². The van der Waals surface area contributed by atoms with Crippen molar-refractivity contribution in [3.8, 4) is 5.75 Å². The molecular formula is C30H34N4O3. The highest BCUT2D eigenvalue weighted by molar-refractivity contribution is 5.94. The van der Waals surface area contributed by atoms with Crippen molar-refractivity contribution in [1.29, 1.82) is 0 Å². The van der Waals surface area contributed by atoms with E-state index in [1.165, 1.54) is 0 Å². The van der Waals surface area contributed by atoms with Gasteiger partial charge in [0.2, 0.25) is 5.91 Å². The van der Waals surface area contributed by atoms with Gasteiger partial charge in [-0.3, -0.25) is 9.59 Å². The minimum Gasteiger partial charge on any atom is -0.483 e. The summed E-state index contributed by atoms with van der Waals surface area (Å²) in [6.07, 6.45) is 0. The van der Waals surface area contributed by atoms with E-state index in [2.05, 4.69) is 5.32 Å². The molecule has 0 aliphatic heterocycles. The second kappa shape index (κ2) is 11.3. The van der Waals surface area contributed by atoms with Gasteiger partial charge < -0.3 is 19.5 Å². The van der Waals surface area contributed by atoms with Crippen molar-refractivity contribution in [3.05, 3.63) is 89.7 Å². The SMILES string of the molecule is Cc1ccc(C)c(OCC(=O)NC(C)c2nc3ccccc3n2CC(=O)N(c2ccccc2)C(C)C)c1. The summed E-state index contributed by atoms with van der Waals surface area (Å²) >= 11 is 0. The lowest BCUT2D eigenvalue weighted by molar-refractivity contribution is -0.123. The van der Waals surface area contributed by atoms with Crippen molar-refractivity contribution < 1.29 is 14.3 Å². The van der Waals surface area contributed by atoms with Gasteiger partial charge in [0, 0.05) is 11.7 Å². The van der Waals surface area contributed by atoms with Gasteiger partial charge in [0.25, 0.3) is 5.91 Å². The van der Waals surface area contributed by atoms with Crippen LogP contribution < -0.4 is 15.0 Å². The molecule has 0 saturated carbocycles. The molecule has 1 atom stereocenters. The zero-order chi connectivity index (χ0) is 26.5. The van der Waals surface area contributed by atoms with Crippen LogP contribution in [0.25, 0.3) is 11.0 Å². The van der Waals surface area contributed by atoms with E-state index in [9.17, 15) is 9.59 Å². The number of rotatable bonds is 9. The highest BCUT2D eigenvalue weighted by Gasteiger charge is 2.24. The van der Waals surface area contributed by atoms with Crippen LogP contribution in [0.5, 0.6) is 5.75 Å². The quantitative estimate of drug-likeness (QED) is 0.337. The number of nitrogens with zero attached hydrogens (tertiary/aromatic N) is 3. The van der Waals surface area contributed by atoms with Crippen molar-refractivity contribution in [2.75, 3.05) is 11.5 Å². The van der Waals surface area contributed by atoms with Gasteiger partial charge in [0.15, 0.2) is 6.61 Å². The van der Waals surface area contributed by atoms with Crippen molar-refractivity contribution in [3.63, 3.8) is 0 Å². The summed E-state index contributed by atoms with van der Waals surface area (Å²) < 4.78 is 7.67. The van der Waals surface area contributed by atoms with Gasteiger partial charge in [0.05, 0.1) is 17.1 Å². The first-order chi connectivity index (χ1) is 17.7. The molecule has 0 radical (unpaired) electrons. The molecule has 7 heteroatoms. The molecule has 0 saturated heterocycles. The molecule has 0 bridgehead atoms. The number of benzene rings is 3. The summed E-state index contributed by atoms with van der Waals surface area (Å²) in [6.45, 7) is 9.79. The predicted octanol–water partition coefficient (Wildman–Crippen LogP) is 5.35. The first-order valence-corrected chi connectivity index (χ1v) is 12.6. The van der Waals surface area contributed by atoms with E-state index in [0.717, 1.165) is 27.8 Å². The van der Waals surface area contributed by atoms with Gasteiger partial charge in [-0.2, -0.15) is 0 Å². The summed E-state index contributed by atoms with van der Waals surface area (Å²) in [5, 5.41) is 2.99. The minimum atomic E-state index is -0.431. The first kappa shape index (κ1) is 25.9.